The summed E-state index contributed by atoms with van der Waals surface area (Å²) in [5, 5.41) is 15.8. The monoisotopic (exact) mass is 488 g/mol. The zero-order chi connectivity index (χ0) is 19.8. The summed E-state index contributed by atoms with van der Waals surface area (Å²) in [5.74, 6) is -4.82. The molecule has 2 aromatic rings. The highest BCUT2D eigenvalue weighted by Crippen LogP contribution is 2.33. The maximum absolute atomic E-state index is 14.5. The van der Waals surface area contributed by atoms with E-state index >= 15 is 0 Å². The Hall–Kier alpha value is -1.91. The molecule has 0 amide bonds. The Morgan fingerprint density at radius 2 is 1.96 bits per heavy atom. The van der Waals surface area contributed by atoms with E-state index in [1.807, 2.05) is 22.6 Å². The molecule has 1 heterocycles. The van der Waals surface area contributed by atoms with Crippen molar-refractivity contribution in [2.24, 2.45) is 5.92 Å². The number of halogens is 4. The summed E-state index contributed by atoms with van der Waals surface area (Å²) in [6.45, 7) is 3.92. The third-order valence-corrected chi connectivity index (χ3v) is 5.18. The molecule has 3 N–H and O–H groups in total. The van der Waals surface area contributed by atoms with Gasteiger partial charge in [-0.15, -0.1) is 6.58 Å². The molecular formula is C19H16F3IN2O2. The van der Waals surface area contributed by atoms with Crippen LogP contribution in [0.5, 0.6) is 0 Å². The Labute approximate surface area is 167 Å². The molecule has 142 valence electrons. The number of Topliss-reactive ketones (excluding diaryl/α,β-unsaturated/α-hetero) is 1. The van der Waals surface area contributed by atoms with Crippen LogP contribution in [0.15, 0.2) is 43.0 Å². The number of carbonyl (C=O) groups excluding carboxylic acids is 1. The topological polar surface area (TPSA) is 61.4 Å². The number of ketones is 1. The first-order valence-electron chi connectivity index (χ1n) is 8.07. The molecule has 0 aliphatic carbocycles. The quantitative estimate of drug-likeness (QED) is 0.329. The maximum atomic E-state index is 14.5. The van der Waals surface area contributed by atoms with Gasteiger partial charge in [0.15, 0.2) is 17.4 Å². The molecule has 27 heavy (non-hydrogen) atoms. The molecule has 1 atom stereocenters. The SMILES string of the molecule is C=CC(C(=O)c1ccc(F)c(F)c1Nc1ccc(I)cc1F)C1(O)CNC1. The Balaban J connectivity index is 2.04. The number of β-amino-alcohol motifs (C(OH)–C–C–N with tert-alkyl or cyclic N) is 1. The Bertz CT molecular complexity index is 916. The fourth-order valence-corrected chi connectivity index (χ4v) is 3.40. The van der Waals surface area contributed by atoms with E-state index in [0.29, 0.717) is 3.57 Å². The zero-order valence-corrected chi connectivity index (χ0v) is 16.2. The summed E-state index contributed by atoms with van der Waals surface area (Å²) in [6.07, 6.45) is 1.28. The van der Waals surface area contributed by atoms with Gasteiger partial charge >= 0.3 is 0 Å². The van der Waals surface area contributed by atoms with E-state index in [1.165, 1.54) is 18.2 Å². The first-order chi connectivity index (χ1) is 12.8. The van der Waals surface area contributed by atoms with Gasteiger partial charge in [0.2, 0.25) is 0 Å². The first kappa shape index (κ1) is 19.8. The van der Waals surface area contributed by atoms with Gasteiger partial charge < -0.3 is 15.7 Å². The average Bonchev–Trinajstić information content (AvgIpc) is 2.60. The van der Waals surface area contributed by atoms with Gasteiger partial charge in [-0.3, -0.25) is 4.79 Å². The van der Waals surface area contributed by atoms with Crippen molar-refractivity contribution >= 4 is 39.7 Å². The van der Waals surface area contributed by atoms with Crippen LogP contribution in [0.3, 0.4) is 0 Å². The highest BCUT2D eigenvalue weighted by Gasteiger charge is 2.45. The number of nitrogens with one attached hydrogen (secondary N) is 2. The smallest absolute Gasteiger partial charge is 0.182 e. The minimum Gasteiger partial charge on any atom is -0.386 e. The Morgan fingerprint density at radius 3 is 2.52 bits per heavy atom. The standard InChI is InChI=1S/C19H16F3IN2O2/c1-2-12(19(27)8-24-9-19)18(26)11-4-5-13(20)16(22)17(11)25-15-6-3-10(23)7-14(15)21/h2-7,12,24-25,27H,1,8-9H2. The van der Waals surface area contributed by atoms with Crippen molar-refractivity contribution in [2.75, 3.05) is 18.4 Å². The lowest BCUT2D eigenvalue weighted by molar-refractivity contribution is -0.0367. The van der Waals surface area contributed by atoms with Crippen LogP contribution < -0.4 is 10.6 Å². The van der Waals surface area contributed by atoms with E-state index in [2.05, 4.69) is 17.2 Å². The number of anilines is 2. The van der Waals surface area contributed by atoms with Crippen molar-refractivity contribution in [3.05, 3.63) is 69.6 Å². The van der Waals surface area contributed by atoms with Gasteiger partial charge in [0.05, 0.1) is 17.3 Å². The van der Waals surface area contributed by atoms with E-state index in [-0.39, 0.29) is 24.3 Å². The van der Waals surface area contributed by atoms with Gasteiger partial charge in [-0.25, -0.2) is 13.2 Å². The molecule has 0 aromatic heterocycles. The molecule has 3 rings (SSSR count). The maximum Gasteiger partial charge on any atom is 0.182 e. The van der Waals surface area contributed by atoms with E-state index in [0.717, 1.165) is 12.1 Å². The van der Waals surface area contributed by atoms with Gasteiger partial charge in [-0.2, -0.15) is 0 Å². The summed E-state index contributed by atoms with van der Waals surface area (Å²) in [4.78, 5) is 12.9. The predicted octanol–water partition coefficient (Wildman–Crippen LogP) is 3.77. The van der Waals surface area contributed by atoms with Gasteiger partial charge in [0, 0.05) is 22.2 Å². The molecule has 1 aliphatic heterocycles. The molecule has 1 fully saturated rings. The van der Waals surface area contributed by atoms with Crippen molar-refractivity contribution in [3.63, 3.8) is 0 Å². The summed E-state index contributed by atoms with van der Waals surface area (Å²) in [6, 6.07) is 6.10. The number of benzene rings is 2. The van der Waals surface area contributed by atoms with Crippen LogP contribution in [0.25, 0.3) is 0 Å². The first-order valence-corrected chi connectivity index (χ1v) is 9.14. The van der Waals surface area contributed by atoms with Crippen molar-refractivity contribution in [2.45, 2.75) is 5.60 Å². The van der Waals surface area contributed by atoms with Crippen LogP contribution in [0.2, 0.25) is 0 Å². The third-order valence-electron chi connectivity index (χ3n) is 4.51. The zero-order valence-electron chi connectivity index (χ0n) is 14.0. The number of rotatable bonds is 6. The second-order valence-electron chi connectivity index (χ2n) is 6.32. The Kier molecular flexibility index (Phi) is 5.59. The largest absolute Gasteiger partial charge is 0.386 e. The van der Waals surface area contributed by atoms with Gasteiger partial charge in [-0.1, -0.05) is 6.08 Å². The number of carbonyl (C=O) groups is 1. The van der Waals surface area contributed by atoms with Crippen LogP contribution in [-0.2, 0) is 0 Å². The van der Waals surface area contributed by atoms with E-state index in [9.17, 15) is 23.1 Å². The molecule has 0 bridgehead atoms. The normalized spacial score (nSPS) is 16.3. The van der Waals surface area contributed by atoms with Gasteiger partial charge in [0.25, 0.3) is 0 Å². The highest BCUT2D eigenvalue weighted by molar-refractivity contribution is 14.1. The fraction of sp³-hybridized carbons (Fsp3) is 0.211. The molecule has 8 heteroatoms. The summed E-state index contributed by atoms with van der Waals surface area (Å²) >= 11 is 1.91. The molecule has 4 nitrogen and oxygen atoms in total. The number of aliphatic hydroxyl groups is 1. The average molecular weight is 488 g/mol. The molecule has 0 spiro atoms. The van der Waals surface area contributed by atoms with Crippen LogP contribution >= 0.6 is 22.6 Å². The molecule has 1 saturated heterocycles. The second-order valence-corrected chi connectivity index (χ2v) is 7.56. The van der Waals surface area contributed by atoms with Crippen LogP contribution in [0.4, 0.5) is 24.5 Å². The van der Waals surface area contributed by atoms with E-state index < -0.39 is 40.4 Å². The second kappa shape index (κ2) is 7.61. The third kappa shape index (κ3) is 3.74. The van der Waals surface area contributed by atoms with E-state index in [1.54, 1.807) is 6.07 Å². The molecule has 1 unspecified atom stereocenters. The van der Waals surface area contributed by atoms with Gasteiger partial charge in [0.1, 0.15) is 11.4 Å². The molecule has 2 aromatic carbocycles. The molecule has 1 aliphatic rings. The summed E-state index contributed by atoms with van der Waals surface area (Å²) in [5.41, 5.74) is -2.14. The highest BCUT2D eigenvalue weighted by atomic mass is 127. The Morgan fingerprint density at radius 1 is 1.26 bits per heavy atom. The minimum atomic E-state index is -1.35. The molecule has 0 radical (unpaired) electrons. The minimum absolute atomic E-state index is 0.104. The van der Waals surface area contributed by atoms with Crippen molar-refractivity contribution in [1.29, 1.82) is 0 Å². The summed E-state index contributed by atoms with van der Waals surface area (Å²) < 4.78 is 43.0. The van der Waals surface area contributed by atoms with Crippen molar-refractivity contribution in [1.82, 2.24) is 5.32 Å². The predicted molar refractivity (Wildman–Crippen MR) is 105 cm³/mol. The number of hydrogen-bond donors (Lipinski definition) is 3. The lowest BCUT2D eigenvalue weighted by Crippen LogP contribution is -2.64. The number of hydrogen-bond acceptors (Lipinski definition) is 4. The molecular weight excluding hydrogens is 472 g/mol. The molecule has 0 saturated carbocycles. The van der Waals surface area contributed by atoms with Crippen LogP contribution in [0.1, 0.15) is 10.4 Å². The van der Waals surface area contributed by atoms with Crippen molar-refractivity contribution < 1.29 is 23.1 Å². The van der Waals surface area contributed by atoms with Gasteiger partial charge in [-0.05, 0) is 52.9 Å². The lowest BCUT2D eigenvalue weighted by Gasteiger charge is -2.42. The summed E-state index contributed by atoms with van der Waals surface area (Å²) in [7, 11) is 0. The van der Waals surface area contributed by atoms with Crippen LogP contribution in [0, 0.1) is 26.9 Å². The van der Waals surface area contributed by atoms with E-state index in [4.69, 9.17) is 0 Å². The van der Waals surface area contributed by atoms with Crippen molar-refractivity contribution in [3.8, 4) is 0 Å². The lowest BCUT2D eigenvalue weighted by atomic mass is 9.77. The fourth-order valence-electron chi connectivity index (χ4n) is 2.94. The van der Waals surface area contributed by atoms with Crippen LogP contribution in [-0.4, -0.2) is 29.6 Å².